The Balaban J connectivity index is 2.39. The number of nitrogens with zero attached hydrogens (tertiary/aromatic N) is 1. The molecule has 0 amide bonds. The van der Waals surface area contributed by atoms with E-state index in [0.717, 1.165) is 11.3 Å². The highest BCUT2D eigenvalue weighted by molar-refractivity contribution is 7.79. The number of hydrogen-bond acceptors (Lipinski definition) is 4. The molecule has 5 heteroatoms. The summed E-state index contributed by atoms with van der Waals surface area (Å²) in [4.78, 5) is 11.5. The first-order valence-electron chi connectivity index (χ1n) is 6.53. The standard InChI is InChI=1S/C15H18N2O2S/c1-10(2)8-19-14-6-4-3-5-12(14)13-7-11(9-20)15(18)17-16-13/h3-7,10,20H,8-9H2,1-2H3,(H,17,18). The van der Waals surface area contributed by atoms with Gasteiger partial charge in [-0.2, -0.15) is 17.7 Å². The van der Waals surface area contributed by atoms with Crippen LogP contribution >= 0.6 is 12.6 Å². The molecule has 1 N–H and O–H groups in total. The third-order valence-electron chi connectivity index (χ3n) is 2.79. The molecule has 0 bridgehead atoms. The summed E-state index contributed by atoms with van der Waals surface area (Å²) in [5.74, 6) is 1.59. The van der Waals surface area contributed by atoms with Gasteiger partial charge in [-0.15, -0.1) is 0 Å². The average Bonchev–Trinajstić information content (AvgIpc) is 2.46. The Morgan fingerprint density at radius 3 is 2.80 bits per heavy atom. The van der Waals surface area contributed by atoms with Crippen molar-refractivity contribution in [3.63, 3.8) is 0 Å². The van der Waals surface area contributed by atoms with Gasteiger partial charge in [-0.3, -0.25) is 4.79 Å². The first-order valence-corrected chi connectivity index (χ1v) is 7.16. The Kier molecular flexibility index (Phi) is 4.84. The Morgan fingerprint density at radius 2 is 2.10 bits per heavy atom. The largest absolute Gasteiger partial charge is 0.493 e. The van der Waals surface area contributed by atoms with Crippen LogP contribution < -0.4 is 10.3 Å². The number of rotatable bonds is 5. The van der Waals surface area contributed by atoms with Crippen molar-refractivity contribution in [1.29, 1.82) is 0 Å². The average molecular weight is 290 g/mol. The molecular formula is C15H18N2O2S. The number of H-pyrrole nitrogens is 1. The van der Waals surface area contributed by atoms with Crippen molar-refractivity contribution < 1.29 is 4.74 Å². The van der Waals surface area contributed by atoms with Crippen LogP contribution in [0.25, 0.3) is 11.3 Å². The molecule has 1 heterocycles. The van der Waals surface area contributed by atoms with Crippen LogP contribution in [0.4, 0.5) is 0 Å². The molecule has 1 aromatic heterocycles. The molecule has 0 aliphatic heterocycles. The zero-order valence-corrected chi connectivity index (χ0v) is 12.5. The van der Waals surface area contributed by atoms with Gasteiger partial charge >= 0.3 is 0 Å². The SMILES string of the molecule is CC(C)COc1ccccc1-c1cc(CS)c(=O)[nH]n1. The van der Waals surface area contributed by atoms with Gasteiger partial charge in [0.2, 0.25) is 0 Å². The van der Waals surface area contributed by atoms with E-state index in [1.165, 1.54) is 0 Å². The van der Waals surface area contributed by atoms with Crippen LogP contribution in [0, 0.1) is 5.92 Å². The highest BCUT2D eigenvalue weighted by atomic mass is 32.1. The van der Waals surface area contributed by atoms with E-state index in [2.05, 4.69) is 36.7 Å². The predicted octanol–water partition coefficient (Wildman–Crippen LogP) is 2.90. The van der Waals surface area contributed by atoms with E-state index in [9.17, 15) is 4.79 Å². The normalized spacial score (nSPS) is 10.8. The number of para-hydroxylation sites is 1. The zero-order chi connectivity index (χ0) is 14.5. The van der Waals surface area contributed by atoms with E-state index in [4.69, 9.17) is 4.74 Å². The molecular weight excluding hydrogens is 272 g/mol. The summed E-state index contributed by atoms with van der Waals surface area (Å²) in [5.41, 5.74) is 1.95. The van der Waals surface area contributed by atoms with Crippen molar-refractivity contribution >= 4 is 12.6 Å². The van der Waals surface area contributed by atoms with Crippen molar-refractivity contribution in [3.8, 4) is 17.0 Å². The van der Waals surface area contributed by atoms with Gasteiger partial charge in [0.25, 0.3) is 5.56 Å². The summed E-state index contributed by atoms with van der Waals surface area (Å²) in [6.07, 6.45) is 0. The molecule has 0 atom stereocenters. The minimum Gasteiger partial charge on any atom is -0.493 e. The maximum atomic E-state index is 11.5. The molecule has 0 fully saturated rings. The van der Waals surface area contributed by atoms with Crippen molar-refractivity contribution in [2.24, 2.45) is 5.92 Å². The maximum absolute atomic E-state index is 11.5. The van der Waals surface area contributed by atoms with Crippen LogP contribution in [-0.2, 0) is 5.75 Å². The first kappa shape index (κ1) is 14.7. The minimum atomic E-state index is -0.204. The van der Waals surface area contributed by atoms with Crippen molar-refractivity contribution in [2.45, 2.75) is 19.6 Å². The van der Waals surface area contributed by atoms with E-state index in [-0.39, 0.29) is 5.56 Å². The molecule has 0 aliphatic carbocycles. The van der Waals surface area contributed by atoms with E-state index in [1.807, 2.05) is 24.3 Å². The highest BCUT2D eigenvalue weighted by Gasteiger charge is 2.10. The highest BCUT2D eigenvalue weighted by Crippen LogP contribution is 2.28. The number of nitrogens with one attached hydrogen (secondary N) is 1. The lowest BCUT2D eigenvalue weighted by Gasteiger charge is -2.12. The van der Waals surface area contributed by atoms with E-state index in [1.54, 1.807) is 6.07 Å². The third-order valence-corrected chi connectivity index (χ3v) is 3.13. The first-order chi connectivity index (χ1) is 9.61. The lowest BCUT2D eigenvalue weighted by atomic mass is 10.1. The quantitative estimate of drug-likeness (QED) is 0.833. The summed E-state index contributed by atoms with van der Waals surface area (Å²) >= 11 is 4.15. The fraction of sp³-hybridized carbons (Fsp3) is 0.333. The van der Waals surface area contributed by atoms with Crippen LogP contribution in [0.2, 0.25) is 0 Å². The molecule has 106 valence electrons. The summed E-state index contributed by atoms with van der Waals surface area (Å²) in [7, 11) is 0. The molecule has 0 spiro atoms. The molecule has 4 nitrogen and oxygen atoms in total. The summed E-state index contributed by atoms with van der Waals surface area (Å²) in [5, 5.41) is 6.59. The molecule has 0 aliphatic rings. The second-order valence-corrected chi connectivity index (χ2v) is 5.28. The van der Waals surface area contributed by atoms with Crippen LogP contribution in [0.1, 0.15) is 19.4 Å². The second kappa shape index (κ2) is 6.61. The van der Waals surface area contributed by atoms with Crippen LogP contribution in [0.5, 0.6) is 5.75 Å². The van der Waals surface area contributed by atoms with Gasteiger partial charge in [0.15, 0.2) is 0 Å². The lowest BCUT2D eigenvalue weighted by molar-refractivity contribution is 0.272. The molecule has 0 saturated carbocycles. The van der Waals surface area contributed by atoms with Gasteiger partial charge in [0, 0.05) is 16.9 Å². The zero-order valence-electron chi connectivity index (χ0n) is 11.6. The fourth-order valence-corrected chi connectivity index (χ4v) is 2.00. The Hall–Kier alpha value is -1.75. The molecule has 2 rings (SSSR count). The molecule has 0 radical (unpaired) electrons. The number of hydrogen-bond donors (Lipinski definition) is 2. The number of aromatic nitrogens is 2. The third kappa shape index (κ3) is 3.42. The molecule has 20 heavy (non-hydrogen) atoms. The number of thiol groups is 1. The maximum Gasteiger partial charge on any atom is 0.268 e. The Bertz CT molecular complexity index is 638. The number of ether oxygens (including phenoxy) is 1. The lowest BCUT2D eigenvalue weighted by Crippen LogP contribution is -2.13. The van der Waals surface area contributed by atoms with E-state index >= 15 is 0 Å². The smallest absolute Gasteiger partial charge is 0.268 e. The summed E-state index contributed by atoms with van der Waals surface area (Å²) < 4.78 is 5.81. The van der Waals surface area contributed by atoms with Gasteiger partial charge < -0.3 is 4.74 Å². The number of aromatic amines is 1. The van der Waals surface area contributed by atoms with E-state index < -0.39 is 0 Å². The topological polar surface area (TPSA) is 55.0 Å². The molecule has 2 aromatic rings. The fourth-order valence-electron chi connectivity index (χ4n) is 1.76. The van der Waals surface area contributed by atoms with Crippen molar-refractivity contribution in [3.05, 3.63) is 46.2 Å². The van der Waals surface area contributed by atoms with Crippen LogP contribution in [0.3, 0.4) is 0 Å². The van der Waals surface area contributed by atoms with Crippen molar-refractivity contribution in [2.75, 3.05) is 6.61 Å². The van der Waals surface area contributed by atoms with Crippen LogP contribution in [0.15, 0.2) is 35.1 Å². The molecule has 1 aromatic carbocycles. The van der Waals surface area contributed by atoms with Gasteiger partial charge in [0.1, 0.15) is 5.75 Å². The molecule has 0 unspecified atom stereocenters. The minimum absolute atomic E-state index is 0.204. The van der Waals surface area contributed by atoms with Gasteiger partial charge in [0.05, 0.1) is 12.3 Å². The Labute approximate surface area is 123 Å². The van der Waals surface area contributed by atoms with Crippen LogP contribution in [-0.4, -0.2) is 16.8 Å². The van der Waals surface area contributed by atoms with Crippen molar-refractivity contribution in [1.82, 2.24) is 10.2 Å². The van der Waals surface area contributed by atoms with Gasteiger partial charge in [-0.05, 0) is 24.1 Å². The van der Waals surface area contributed by atoms with E-state index in [0.29, 0.717) is 29.5 Å². The number of benzene rings is 1. The monoisotopic (exact) mass is 290 g/mol. The second-order valence-electron chi connectivity index (χ2n) is 4.97. The summed E-state index contributed by atoms with van der Waals surface area (Å²) in [6, 6.07) is 9.43. The molecule has 0 saturated heterocycles. The van der Waals surface area contributed by atoms with Gasteiger partial charge in [-0.25, -0.2) is 5.10 Å². The van der Waals surface area contributed by atoms with Gasteiger partial charge in [-0.1, -0.05) is 26.0 Å². The predicted molar refractivity (Wildman–Crippen MR) is 83.3 cm³/mol. The summed E-state index contributed by atoms with van der Waals surface area (Å²) in [6.45, 7) is 4.83. The Morgan fingerprint density at radius 1 is 1.35 bits per heavy atom.